The van der Waals surface area contributed by atoms with Crippen LogP contribution in [0.25, 0.3) is 0 Å². The summed E-state index contributed by atoms with van der Waals surface area (Å²) in [6.45, 7) is 2.38. The van der Waals surface area contributed by atoms with Gasteiger partial charge in [-0.15, -0.1) is 0 Å². The Labute approximate surface area is 199 Å². The zero-order chi connectivity index (χ0) is 24.4. The van der Waals surface area contributed by atoms with Gasteiger partial charge in [-0.2, -0.15) is 0 Å². The van der Waals surface area contributed by atoms with E-state index in [0.717, 1.165) is 5.56 Å². The summed E-state index contributed by atoms with van der Waals surface area (Å²) < 4.78 is 27.1. The van der Waals surface area contributed by atoms with Gasteiger partial charge in [0.1, 0.15) is 24.7 Å². The molecule has 34 heavy (non-hydrogen) atoms. The summed E-state index contributed by atoms with van der Waals surface area (Å²) in [5.74, 6) is 1.12. The zero-order valence-electron chi connectivity index (χ0n) is 19.3. The predicted octanol–water partition coefficient (Wildman–Crippen LogP) is 1.24. The van der Waals surface area contributed by atoms with Crippen molar-refractivity contribution in [2.45, 2.75) is 6.42 Å². The molecule has 0 radical (unpaired) electrons. The van der Waals surface area contributed by atoms with E-state index in [-0.39, 0.29) is 45.4 Å². The first-order chi connectivity index (χ1) is 16.7. The molecule has 3 N–H and O–H groups in total. The molecule has 2 aromatic carbocycles. The second-order valence-corrected chi connectivity index (χ2v) is 7.13. The third-order valence-electron chi connectivity index (χ3n) is 4.64. The van der Waals surface area contributed by atoms with Crippen molar-refractivity contribution in [3.05, 3.63) is 59.2 Å². The van der Waals surface area contributed by atoms with Gasteiger partial charge >= 0.3 is 0 Å². The lowest BCUT2D eigenvalue weighted by atomic mass is 9.99. The fraction of sp³-hybridized carbons (Fsp3) is 0.480. The average molecular weight is 479 g/mol. The number of rotatable bonds is 19. The van der Waals surface area contributed by atoms with Gasteiger partial charge in [-0.25, -0.2) is 0 Å². The number of carbonyl (C=O) groups is 1. The summed E-state index contributed by atoms with van der Waals surface area (Å²) in [5.41, 5.74) is 1.86. The molecule has 0 aliphatic rings. The predicted molar refractivity (Wildman–Crippen MR) is 125 cm³/mol. The number of aliphatic hydroxyl groups is 3. The average Bonchev–Trinajstić information content (AvgIpc) is 2.87. The van der Waals surface area contributed by atoms with Gasteiger partial charge in [-0.1, -0.05) is 0 Å². The first-order valence-corrected chi connectivity index (χ1v) is 11.3. The van der Waals surface area contributed by atoms with Crippen LogP contribution >= 0.6 is 0 Å². The third-order valence-corrected chi connectivity index (χ3v) is 4.64. The molecule has 0 atom stereocenters. The molecule has 0 bridgehead atoms. The van der Waals surface area contributed by atoms with E-state index in [0.29, 0.717) is 62.1 Å². The van der Waals surface area contributed by atoms with Gasteiger partial charge in [0, 0.05) is 11.1 Å². The number of ketones is 1. The van der Waals surface area contributed by atoms with Crippen LogP contribution in [0.2, 0.25) is 0 Å². The molecule has 0 heterocycles. The summed E-state index contributed by atoms with van der Waals surface area (Å²) in [5, 5.41) is 26.4. The summed E-state index contributed by atoms with van der Waals surface area (Å²) in [6, 6.07) is 12.1. The highest BCUT2D eigenvalue weighted by Crippen LogP contribution is 2.23. The van der Waals surface area contributed by atoms with E-state index in [1.54, 1.807) is 42.5 Å². The van der Waals surface area contributed by atoms with E-state index >= 15 is 0 Å². The highest BCUT2D eigenvalue weighted by Gasteiger charge is 2.13. The molecule has 0 fully saturated rings. The molecule has 0 amide bonds. The normalized spacial score (nSPS) is 10.9. The molecule has 0 aromatic heterocycles. The first kappa shape index (κ1) is 27.7. The van der Waals surface area contributed by atoms with E-state index in [1.807, 2.05) is 0 Å². The minimum Gasteiger partial charge on any atom is -0.491 e. The largest absolute Gasteiger partial charge is 0.491 e. The lowest BCUT2D eigenvalue weighted by Gasteiger charge is -2.14. The fourth-order valence-corrected chi connectivity index (χ4v) is 3.04. The topological polar surface area (TPSA) is 124 Å². The molecule has 0 aliphatic carbocycles. The maximum atomic E-state index is 13.0. The van der Waals surface area contributed by atoms with Crippen LogP contribution in [-0.2, 0) is 20.6 Å². The minimum absolute atomic E-state index is 0.0274. The smallest absolute Gasteiger partial charge is 0.193 e. The van der Waals surface area contributed by atoms with Crippen molar-refractivity contribution in [3.8, 4) is 11.5 Å². The van der Waals surface area contributed by atoms with Crippen molar-refractivity contribution in [1.29, 1.82) is 0 Å². The standard InChI is InChI=1S/C25H34O9/c26-8-12-30-11-7-21-19-22(3-6-24(21)34-18-16-32-14-10-28)25(29)20-1-4-23(5-2-20)33-17-15-31-13-9-27/h1-6,19,26-28H,7-18H2. The van der Waals surface area contributed by atoms with Gasteiger partial charge < -0.3 is 39.0 Å². The Morgan fingerprint density at radius 3 is 1.79 bits per heavy atom. The van der Waals surface area contributed by atoms with E-state index in [1.165, 1.54) is 0 Å². The summed E-state index contributed by atoms with van der Waals surface area (Å²) in [4.78, 5) is 13.0. The van der Waals surface area contributed by atoms with Gasteiger partial charge in [-0.3, -0.25) is 4.79 Å². The molecule has 2 aromatic rings. The number of benzene rings is 2. The Hall–Kier alpha value is -2.53. The second-order valence-electron chi connectivity index (χ2n) is 7.13. The van der Waals surface area contributed by atoms with Gasteiger partial charge in [0.05, 0.1) is 59.5 Å². The van der Waals surface area contributed by atoms with Crippen molar-refractivity contribution in [1.82, 2.24) is 0 Å². The number of hydrogen-bond donors (Lipinski definition) is 3. The van der Waals surface area contributed by atoms with Crippen LogP contribution in [0.3, 0.4) is 0 Å². The minimum atomic E-state index is -0.131. The molecule has 188 valence electrons. The van der Waals surface area contributed by atoms with Crippen LogP contribution in [0.15, 0.2) is 42.5 Å². The quantitative estimate of drug-likeness (QED) is 0.202. The zero-order valence-corrected chi connectivity index (χ0v) is 19.3. The summed E-state index contributed by atoms with van der Waals surface area (Å²) in [6.07, 6.45) is 0.513. The van der Waals surface area contributed by atoms with Crippen LogP contribution in [0.5, 0.6) is 11.5 Å². The molecule has 0 aliphatic heterocycles. The van der Waals surface area contributed by atoms with Crippen molar-refractivity contribution in [2.24, 2.45) is 0 Å². The maximum absolute atomic E-state index is 13.0. The molecular weight excluding hydrogens is 444 g/mol. The lowest BCUT2D eigenvalue weighted by molar-refractivity contribution is 0.0698. The Kier molecular flexibility index (Phi) is 13.8. The van der Waals surface area contributed by atoms with Crippen molar-refractivity contribution >= 4 is 5.78 Å². The van der Waals surface area contributed by atoms with Gasteiger partial charge in [0.15, 0.2) is 5.78 Å². The molecule has 0 saturated carbocycles. The van der Waals surface area contributed by atoms with Crippen LogP contribution in [0.1, 0.15) is 21.5 Å². The molecule has 2 rings (SSSR count). The number of aliphatic hydroxyl groups excluding tert-OH is 3. The van der Waals surface area contributed by atoms with Crippen molar-refractivity contribution < 1.29 is 43.8 Å². The Morgan fingerprint density at radius 1 is 0.618 bits per heavy atom. The molecule has 9 nitrogen and oxygen atoms in total. The molecule has 0 saturated heterocycles. The van der Waals surface area contributed by atoms with E-state index in [4.69, 9.17) is 39.0 Å². The van der Waals surface area contributed by atoms with Crippen LogP contribution < -0.4 is 9.47 Å². The monoisotopic (exact) mass is 478 g/mol. The Morgan fingerprint density at radius 2 is 1.18 bits per heavy atom. The molecule has 0 spiro atoms. The van der Waals surface area contributed by atoms with Crippen molar-refractivity contribution in [2.75, 3.05) is 72.7 Å². The lowest BCUT2D eigenvalue weighted by Crippen LogP contribution is -2.12. The van der Waals surface area contributed by atoms with Crippen LogP contribution in [0, 0.1) is 0 Å². The van der Waals surface area contributed by atoms with E-state index in [2.05, 4.69) is 0 Å². The molecule has 9 heteroatoms. The highest BCUT2D eigenvalue weighted by atomic mass is 16.5. The van der Waals surface area contributed by atoms with Crippen molar-refractivity contribution in [3.63, 3.8) is 0 Å². The maximum Gasteiger partial charge on any atom is 0.193 e. The van der Waals surface area contributed by atoms with E-state index < -0.39 is 0 Å². The third kappa shape index (κ3) is 10.2. The summed E-state index contributed by atoms with van der Waals surface area (Å²) >= 11 is 0. The Balaban J connectivity index is 2.01. The Bertz CT molecular complexity index is 824. The first-order valence-electron chi connectivity index (χ1n) is 11.3. The highest BCUT2D eigenvalue weighted by molar-refractivity contribution is 6.09. The fourth-order valence-electron chi connectivity index (χ4n) is 3.04. The van der Waals surface area contributed by atoms with E-state index in [9.17, 15) is 4.79 Å². The molecule has 0 unspecified atom stereocenters. The number of carbonyl (C=O) groups excluding carboxylic acids is 1. The summed E-state index contributed by atoms with van der Waals surface area (Å²) in [7, 11) is 0. The molecular formula is C25H34O9. The van der Waals surface area contributed by atoms with Gasteiger partial charge in [0.25, 0.3) is 0 Å². The second kappa shape index (κ2) is 17.0. The number of ether oxygens (including phenoxy) is 5. The van der Waals surface area contributed by atoms with Crippen LogP contribution in [-0.4, -0.2) is 93.8 Å². The van der Waals surface area contributed by atoms with Gasteiger partial charge in [0.2, 0.25) is 0 Å². The number of hydrogen-bond acceptors (Lipinski definition) is 9. The van der Waals surface area contributed by atoms with Gasteiger partial charge in [-0.05, 0) is 54.4 Å². The van der Waals surface area contributed by atoms with Crippen LogP contribution in [0.4, 0.5) is 0 Å². The SMILES string of the molecule is O=C(c1ccc(OCCOCCO)cc1)c1ccc(OCCOCCO)c(CCOCCO)c1.